The predicted molar refractivity (Wildman–Crippen MR) is 89.3 cm³/mol. The van der Waals surface area contributed by atoms with Crippen molar-refractivity contribution in [3.05, 3.63) is 70.8 Å². The lowest BCUT2D eigenvalue weighted by atomic mass is 10.00. The van der Waals surface area contributed by atoms with Crippen molar-refractivity contribution in [1.29, 1.82) is 0 Å². The molecule has 3 nitrogen and oxygen atoms in total. The van der Waals surface area contributed by atoms with Gasteiger partial charge in [0.15, 0.2) is 0 Å². The van der Waals surface area contributed by atoms with Gasteiger partial charge in [-0.1, -0.05) is 44.2 Å². The maximum absolute atomic E-state index is 12.7. The second-order valence-electron chi connectivity index (χ2n) is 6.13. The van der Waals surface area contributed by atoms with Crippen molar-refractivity contribution in [2.45, 2.75) is 32.0 Å². The van der Waals surface area contributed by atoms with Crippen LogP contribution in [0.2, 0.25) is 0 Å². The molecule has 2 aromatic carbocycles. The van der Waals surface area contributed by atoms with Crippen LogP contribution in [0.15, 0.2) is 48.5 Å². The Morgan fingerprint density at radius 2 is 1.68 bits per heavy atom. The molecule has 0 spiro atoms. The van der Waals surface area contributed by atoms with Crippen LogP contribution >= 0.6 is 0 Å². The Hall–Kier alpha value is -2.34. The van der Waals surface area contributed by atoms with E-state index in [1.54, 1.807) is 12.1 Å². The van der Waals surface area contributed by atoms with E-state index >= 15 is 0 Å². The molecule has 134 valence electrons. The molecule has 2 rings (SSSR count). The SMILES string of the molecule is CC(C)c1ccc(C(O)CNC(=O)c2cccc(C(F)(F)F)c2)cc1. The fourth-order valence-electron chi connectivity index (χ4n) is 2.35. The number of benzene rings is 2. The molecule has 6 heteroatoms. The van der Waals surface area contributed by atoms with E-state index in [9.17, 15) is 23.1 Å². The molecule has 1 unspecified atom stereocenters. The lowest BCUT2D eigenvalue weighted by Gasteiger charge is -2.14. The molecular weight excluding hydrogens is 331 g/mol. The van der Waals surface area contributed by atoms with Crippen molar-refractivity contribution in [1.82, 2.24) is 5.32 Å². The highest BCUT2D eigenvalue weighted by molar-refractivity contribution is 5.94. The topological polar surface area (TPSA) is 49.3 Å². The Labute approximate surface area is 144 Å². The second kappa shape index (κ2) is 7.70. The third-order valence-electron chi connectivity index (χ3n) is 3.90. The first-order chi connectivity index (χ1) is 11.7. The fourth-order valence-corrected chi connectivity index (χ4v) is 2.35. The summed E-state index contributed by atoms with van der Waals surface area (Å²) in [5, 5.41) is 12.6. The third-order valence-corrected chi connectivity index (χ3v) is 3.90. The molecule has 0 radical (unpaired) electrons. The Balaban J connectivity index is 1.99. The standard InChI is InChI=1S/C19H20F3NO2/c1-12(2)13-6-8-14(9-7-13)17(24)11-23-18(25)15-4-3-5-16(10-15)19(20,21)22/h3-10,12,17,24H,11H2,1-2H3,(H,23,25). The highest BCUT2D eigenvalue weighted by Gasteiger charge is 2.30. The van der Waals surface area contributed by atoms with Gasteiger partial charge in [0.2, 0.25) is 0 Å². The fraction of sp³-hybridized carbons (Fsp3) is 0.316. The van der Waals surface area contributed by atoms with E-state index in [2.05, 4.69) is 19.2 Å². The highest BCUT2D eigenvalue weighted by atomic mass is 19.4. The van der Waals surface area contributed by atoms with Crippen LogP contribution in [0.25, 0.3) is 0 Å². The minimum atomic E-state index is -4.51. The van der Waals surface area contributed by atoms with Gasteiger partial charge in [0.05, 0.1) is 11.7 Å². The zero-order valence-corrected chi connectivity index (χ0v) is 14.0. The molecular formula is C19H20F3NO2. The Morgan fingerprint density at radius 3 is 2.24 bits per heavy atom. The van der Waals surface area contributed by atoms with Crippen molar-refractivity contribution < 1.29 is 23.1 Å². The summed E-state index contributed by atoms with van der Waals surface area (Å²) in [4.78, 5) is 12.0. The first-order valence-electron chi connectivity index (χ1n) is 7.92. The summed E-state index contributed by atoms with van der Waals surface area (Å²) in [7, 11) is 0. The molecule has 0 aliphatic rings. The Kier molecular flexibility index (Phi) is 5.85. The smallest absolute Gasteiger partial charge is 0.387 e. The molecule has 0 aromatic heterocycles. The molecule has 2 aromatic rings. The molecule has 0 saturated heterocycles. The summed E-state index contributed by atoms with van der Waals surface area (Å²) in [6, 6.07) is 11.5. The summed E-state index contributed by atoms with van der Waals surface area (Å²) in [5.41, 5.74) is 0.778. The number of alkyl halides is 3. The highest BCUT2D eigenvalue weighted by Crippen LogP contribution is 2.29. The number of aliphatic hydroxyl groups excluding tert-OH is 1. The average molecular weight is 351 g/mol. The molecule has 0 heterocycles. The molecule has 0 aliphatic carbocycles. The zero-order valence-electron chi connectivity index (χ0n) is 14.0. The molecule has 0 bridgehead atoms. The van der Waals surface area contributed by atoms with Crippen molar-refractivity contribution in [2.24, 2.45) is 0 Å². The van der Waals surface area contributed by atoms with Crippen molar-refractivity contribution in [3.8, 4) is 0 Å². The largest absolute Gasteiger partial charge is 0.416 e. The van der Waals surface area contributed by atoms with E-state index in [1.807, 2.05) is 12.1 Å². The molecule has 2 N–H and O–H groups in total. The lowest BCUT2D eigenvalue weighted by Crippen LogP contribution is -2.28. The normalized spacial score (nSPS) is 12.9. The summed E-state index contributed by atoms with van der Waals surface area (Å²) in [5.74, 6) is -0.296. The number of hydrogen-bond donors (Lipinski definition) is 2. The van der Waals surface area contributed by atoms with E-state index in [0.29, 0.717) is 11.5 Å². The number of amides is 1. The molecule has 25 heavy (non-hydrogen) atoms. The van der Waals surface area contributed by atoms with Gasteiger partial charge in [-0.3, -0.25) is 4.79 Å². The number of carbonyl (C=O) groups is 1. The lowest BCUT2D eigenvalue weighted by molar-refractivity contribution is -0.137. The zero-order chi connectivity index (χ0) is 18.6. The number of aliphatic hydroxyl groups is 1. The van der Waals surface area contributed by atoms with E-state index in [1.165, 1.54) is 12.1 Å². The van der Waals surface area contributed by atoms with Crippen LogP contribution < -0.4 is 5.32 Å². The summed E-state index contributed by atoms with van der Waals surface area (Å²) < 4.78 is 38.1. The number of hydrogen-bond acceptors (Lipinski definition) is 2. The maximum atomic E-state index is 12.7. The van der Waals surface area contributed by atoms with Gasteiger partial charge in [-0.25, -0.2) is 0 Å². The van der Waals surface area contributed by atoms with E-state index in [0.717, 1.165) is 17.7 Å². The maximum Gasteiger partial charge on any atom is 0.416 e. The first kappa shape index (κ1) is 19.0. The van der Waals surface area contributed by atoms with Crippen LogP contribution in [0, 0.1) is 0 Å². The summed E-state index contributed by atoms with van der Waals surface area (Å²) >= 11 is 0. The van der Waals surface area contributed by atoms with Crippen LogP contribution in [-0.2, 0) is 6.18 Å². The minimum absolute atomic E-state index is 0.0872. The van der Waals surface area contributed by atoms with Crippen LogP contribution in [0.5, 0.6) is 0 Å². The Bertz CT molecular complexity index is 724. The monoisotopic (exact) mass is 351 g/mol. The molecule has 1 atom stereocenters. The number of rotatable bonds is 5. The third kappa shape index (κ3) is 5.06. The van der Waals surface area contributed by atoms with Gasteiger partial charge in [-0.2, -0.15) is 13.2 Å². The van der Waals surface area contributed by atoms with Gasteiger partial charge in [0.25, 0.3) is 5.91 Å². The molecule has 0 aliphatic heterocycles. The van der Waals surface area contributed by atoms with E-state index < -0.39 is 23.8 Å². The predicted octanol–water partition coefficient (Wildman–Crippen LogP) is 4.29. The quantitative estimate of drug-likeness (QED) is 0.844. The van der Waals surface area contributed by atoms with E-state index in [4.69, 9.17) is 0 Å². The van der Waals surface area contributed by atoms with Crippen molar-refractivity contribution >= 4 is 5.91 Å². The number of carbonyl (C=O) groups excluding carboxylic acids is 1. The molecule has 0 saturated carbocycles. The van der Waals surface area contributed by atoms with Gasteiger partial charge in [-0.05, 0) is 35.2 Å². The van der Waals surface area contributed by atoms with Crippen molar-refractivity contribution in [2.75, 3.05) is 6.54 Å². The summed E-state index contributed by atoms with van der Waals surface area (Å²) in [6.45, 7) is 4.03. The van der Waals surface area contributed by atoms with Crippen molar-refractivity contribution in [3.63, 3.8) is 0 Å². The first-order valence-corrected chi connectivity index (χ1v) is 7.92. The van der Waals surface area contributed by atoms with Crippen LogP contribution in [0.4, 0.5) is 13.2 Å². The van der Waals surface area contributed by atoms with Gasteiger partial charge in [-0.15, -0.1) is 0 Å². The van der Waals surface area contributed by atoms with Gasteiger partial charge in [0, 0.05) is 12.1 Å². The summed E-state index contributed by atoms with van der Waals surface area (Å²) in [6.07, 6.45) is -5.44. The van der Waals surface area contributed by atoms with Crippen LogP contribution in [0.1, 0.15) is 52.9 Å². The Morgan fingerprint density at radius 1 is 1.08 bits per heavy atom. The minimum Gasteiger partial charge on any atom is -0.387 e. The number of halogens is 3. The van der Waals surface area contributed by atoms with Gasteiger partial charge in [0.1, 0.15) is 0 Å². The van der Waals surface area contributed by atoms with Gasteiger partial charge >= 0.3 is 6.18 Å². The van der Waals surface area contributed by atoms with Crippen LogP contribution in [0.3, 0.4) is 0 Å². The molecule has 0 fully saturated rings. The second-order valence-corrected chi connectivity index (χ2v) is 6.13. The molecule has 1 amide bonds. The van der Waals surface area contributed by atoms with Gasteiger partial charge < -0.3 is 10.4 Å². The average Bonchev–Trinajstić information content (AvgIpc) is 2.58. The van der Waals surface area contributed by atoms with Crippen LogP contribution in [-0.4, -0.2) is 17.6 Å². The van der Waals surface area contributed by atoms with E-state index in [-0.39, 0.29) is 12.1 Å². The number of nitrogens with one attached hydrogen (secondary N) is 1.